The van der Waals surface area contributed by atoms with E-state index in [9.17, 15) is 8.42 Å². The Hall–Kier alpha value is -3.96. The van der Waals surface area contributed by atoms with Gasteiger partial charge in [0.1, 0.15) is 11.8 Å². The minimum Gasteiger partial charge on any atom is -0.494 e. The maximum Gasteiger partial charge on any atom is 0.229 e. The van der Waals surface area contributed by atoms with Crippen LogP contribution in [0, 0.1) is 0 Å². The molecule has 0 bridgehead atoms. The Morgan fingerprint density at radius 1 is 1.03 bits per heavy atom. The molecule has 0 aliphatic carbocycles. The van der Waals surface area contributed by atoms with Crippen LogP contribution in [0.3, 0.4) is 0 Å². The minimum absolute atomic E-state index is 0.242. The smallest absolute Gasteiger partial charge is 0.229 e. The highest BCUT2D eigenvalue weighted by Gasteiger charge is 2.42. The van der Waals surface area contributed by atoms with E-state index in [1.165, 1.54) is 7.11 Å². The number of hydrogen-bond acceptors (Lipinski definition) is 6. The highest BCUT2D eigenvalue weighted by molar-refractivity contribution is 7.92. The van der Waals surface area contributed by atoms with Crippen LogP contribution in [0.4, 0.5) is 11.4 Å². The van der Waals surface area contributed by atoms with Crippen LogP contribution < -0.4 is 19.7 Å². The Bertz CT molecular complexity index is 1490. The largest absolute Gasteiger partial charge is 0.494 e. The van der Waals surface area contributed by atoms with Crippen molar-refractivity contribution in [2.45, 2.75) is 12.1 Å². The van der Waals surface area contributed by atoms with Crippen molar-refractivity contribution in [2.24, 2.45) is 0 Å². The van der Waals surface area contributed by atoms with E-state index in [4.69, 9.17) is 17.0 Å². The Balaban J connectivity index is 1.64. The molecule has 1 saturated heterocycles. The zero-order valence-electron chi connectivity index (χ0n) is 19.6. The van der Waals surface area contributed by atoms with Crippen LogP contribution >= 0.6 is 12.2 Å². The average Bonchev–Trinajstić information content (AvgIpc) is 3.49. The number of thiocarbonyl (C=S) groups is 1. The fourth-order valence-electron chi connectivity index (χ4n) is 4.42. The van der Waals surface area contributed by atoms with Gasteiger partial charge in [0.2, 0.25) is 10.0 Å². The fourth-order valence-corrected chi connectivity index (χ4v) is 5.34. The molecule has 184 valence electrons. The highest BCUT2D eigenvalue weighted by Crippen LogP contribution is 2.43. The van der Waals surface area contributed by atoms with Crippen LogP contribution in [-0.4, -0.2) is 41.4 Å². The summed E-state index contributed by atoms with van der Waals surface area (Å²) < 4.78 is 33.7. The Morgan fingerprint density at radius 3 is 2.53 bits per heavy atom. The molecule has 2 N–H and O–H groups in total. The summed E-state index contributed by atoms with van der Waals surface area (Å²) >= 11 is 5.83. The molecule has 0 saturated carbocycles. The van der Waals surface area contributed by atoms with Gasteiger partial charge in [0, 0.05) is 47.9 Å². The number of hydrogen-bond donors (Lipinski definition) is 2. The van der Waals surface area contributed by atoms with Crippen molar-refractivity contribution >= 4 is 38.7 Å². The van der Waals surface area contributed by atoms with Gasteiger partial charge in [-0.25, -0.2) is 8.42 Å². The molecule has 1 aromatic carbocycles. The van der Waals surface area contributed by atoms with E-state index in [0.717, 1.165) is 29.0 Å². The first-order chi connectivity index (χ1) is 17.4. The predicted molar refractivity (Wildman–Crippen MR) is 143 cm³/mol. The van der Waals surface area contributed by atoms with Crippen LogP contribution in [0.5, 0.6) is 5.75 Å². The monoisotopic (exact) mass is 520 g/mol. The van der Waals surface area contributed by atoms with Crippen molar-refractivity contribution in [3.63, 3.8) is 0 Å². The SMILES string of the molecule is COc1cc(N2C(=S)NC(c3ccccn3)C2c2cccn2-c2ccncc2)ccc1NS(C)(=O)=O. The first-order valence-electron chi connectivity index (χ1n) is 11.1. The molecule has 11 heteroatoms. The second-order valence-corrected chi connectivity index (χ2v) is 10.4. The summed E-state index contributed by atoms with van der Waals surface area (Å²) in [5.74, 6) is 0.380. The first kappa shape index (κ1) is 23.8. The normalized spacial score (nSPS) is 17.6. The second kappa shape index (κ2) is 9.59. The van der Waals surface area contributed by atoms with Crippen molar-refractivity contribution in [1.29, 1.82) is 0 Å². The summed E-state index contributed by atoms with van der Waals surface area (Å²) in [7, 11) is -1.98. The number of methoxy groups -OCH3 is 1. The number of nitrogens with zero attached hydrogens (tertiary/aromatic N) is 4. The molecule has 9 nitrogen and oxygen atoms in total. The molecule has 3 aromatic heterocycles. The second-order valence-electron chi connectivity index (χ2n) is 8.26. The highest BCUT2D eigenvalue weighted by atomic mass is 32.2. The van der Waals surface area contributed by atoms with Crippen molar-refractivity contribution in [3.8, 4) is 11.4 Å². The molecule has 1 aliphatic heterocycles. The summed E-state index contributed by atoms with van der Waals surface area (Å²) in [6.07, 6.45) is 8.36. The van der Waals surface area contributed by atoms with E-state index >= 15 is 0 Å². The summed E-state index contributed by atoms with van der Waals surface area (Å²) in [5, 5.41) is 3.96. The molecule has 0 amide bonds. The lowest BCUT2D eigenvalue weighted by molar-refractivity contribution is 0.417. The van der Waals surface area contributed by atoms with Crippen LogP contribution in [-0.2, 0) is 10.0 Å². The molecule has 1 aliphatic rings. The third kappa shape index (κ3) is 4.62. The number of ether oxygens (including phenoxy) is 1. The number of anilines is 2. The molecular weight excluding hydrogens is 496 g/mol. The molecule has 4 heterocycles. The van der Waals surface area contributed by atoms with Gasteiger partial charge in [-0.3, -0.25) is 14.7 Å². The van der Waals surface area contributed by atoms with Crippen molar-refractivity contribution < 1.29 is 13.2 Å². The number of benzene rings is 1. The van der Waals surface area contributed by atoms with E-state index in [1.54, 1.807) is 30.7 Å². The Kier molecular flexibility index (Phi) is 6.33. The van der Waals surface area contributed by atoms with Crippen molar-refractivity contribution in [3.05, 3.63) is 96.8 Å². The number of pyridine rings is 2. The van der Waals surface area contributed by atoms with Gasteiger partial charge in [0.25, 0.3) is 0 Å². The molecule has 4 aromatic rings. The topological polar surface area (TPSA) is 101 Å². The maximum absolute atomic E-state index is 11.8. The molecule has 5 rings (SSSR count). The van der Waals surface area contributed by atoms with Crippen LogP contribution in [0.2, 0.25) is 0 Å². The van der Waals surface area contributed by atoms with Gasteiger partial charge in [0.05, 0.1) is 30.8 Å². The third-order valence-electron chi connectivity index (χ3n) is 5.88. The lowest BCUT2D eigenvalue weighted by atomic mass is 10.0. The van der Waals surface area contributed by atoms with Gasteiger partial charge in [-0.2, -0.15) is 0 Å². The predicted octanol–water partition coefficient (Wildman–Crippen LogP) is 3.82. The minimum atomic E-state index is -3.48. The molecule has 0 radical (unpaired) electrons. The van der Waals surface area contributed by atoms with Gasteiger partial charge in [-0.05, 0) is 60.7 Å². The van der Waals surface area contributed by atoms with E-state index in [-0.39, 0.29) is 12.1 Å². The van der Waals surface area contributed by atoms with Crippen LogP contribution in [0.25, 0.3) is 5.69 Å². The summed E-state index contributed by atoms with van der Waals surface area (Å²) in [5.41, 5.74) is 3.89. The van der Waals surface area contributed by atoms with Crippen LogP contribution in [0.1, 0.15) is 23.5 Å². The zero-order valence-corrected chi connectivity index (χ0v) is 21.2. The quantitative estimate of drug-likeness (QED) is 0.355. The van der Waals surface area contributed by atoms with Gasteiger partial charge < -0.3 is 19.5 Å². The van der Waals surface area contributed by atoms with E-state index in [2.05, 4.69) is 30.6 Å². The lowest BCUT2D eigenvalue weighted by Crippen LogP contribution is -2.30. The molecule has 0 spiro atoms. The number of nitrogens with one attached hydrogen (secondary N) is 2. The number of sulfonamides is 1. The maximum atomic E-state index is 11.8. The molecule has 2 unspecified atom stereocenters. The number of aromatic nitrogens is 3. The average molecular weight is 521 g/mol. The van der Waals surface area contributed by atoms with Gasteiger partial charge in [0.15, 0.2) is 5.11 Å². The van der Waals surface area contributed by atoms with E-state index in [0.29, 0.717) is 16.5 Å². The molecule has 1 fully saturated rings. The standard InChI is InChI=1S/C25H24N6O3S2/c1-34-22-16-18(8-9-19(22)29-36(2,32)33)31-24(23(28-25(31)35)20-6-3-4-12-27-20)21-7-5-15-30(21)17-10-13-26-14-11-17/h3-16,23-24,29H,1-2H3,(H,28,35). The van der Waals surface area contributed by atoms with E-state index < -0.39 is 10.0 Å². The lowest BCUT2D eigenvalue weighted by Gasteiger charge is -2.29. The summed E-state index contributed by atoms with van der Waals surface area (Å²) in [6.45, 7) is 0. The zero-order chi connectivity index (χ0) is 25.3. The van der Waals surface area contributed by atoms with Gasteiger partial charge >= 0.3 is 0 Å². The Morgan fingerprint density at radius 2 is 1.83 bits per heavy atom. The third-order valence-corrected chi connectivity index (χ3v) is 6.79. The van der Waals surface area contributed by atoms with Crippen LogP contribution in [0.15, 0.2) is 85.5 Å². The Labute approximate surface area is 214 Å². The summed E-state index contributed by atoms with van der Waals surface area (Å²) in [6, 6.07) is 18.5. The molecule has 36 heavy (non-hydrogen) atoms. The molecular formula is C25H24N6O3S2. The van der Waals surface area contributed by atoms with Crippen molar-refractivity contribution in [1.82, 2.24) is 19.9 Å². The fraction of sp³-hybridized carbons (Fsp3) is 0.160. The van der Waals surface area contributed by atoms with E-state index in [1.807, 2.05) is 53.6 Å². The molecule has 2 atom stereocenters. The number of rotatable bonds is 7. The summed E-state index contributed by atoms with van der Waals surface area (Å²) in [4.78, 5) is 10.8. The van der Waals surface area contributed by atoms with Gasteiger partial charge in [-0.1, -0.05) is 6.07 Å². The van der Waals surface area contributed by atoms with Crippen molar-refractivity contribution in [2.75, 3.05) is 23.0 Å². The first-order valence-corrected chi connectivity index (χ1v) is 13.4. The van der Waals surface area contributed by atoms with Gasteiger partial charge in [-0.15, -0.1) is 0 Å².